The highest BCUT2D eigenvalue weighted by Gasteiger charge is 2.11. The second-order valence-corrected chi connectivity index (χ2v) is 6.10. The molecule has 0 spiro atoms. The minimum absolute atomic E-state index is 0.104. The molecule has 0 heterocycles. The van der Waals surface area contributed by atoms with E-state index in [4.69, 9.17) is 32.7 Å². The van der Waals surface area contributed by atoms with Crippen molar-refractivity contribution in [1.29, 1.82) is 0 Å². The van der Waals surface area contributed by atoms with E-state index < -0.39 is 0 Å². The third kappa shape index (κ3) is 5.54. The van der Waals surface area contributed by atoms with Crippen LogP contribution < -0.4 is 20.1 Å². The molecule has 138 valence electrons. The molecule has 6 nitrogen and oxygen atoms in total. The molecule has 0 aliphatic carbocycles. The number of carbonyl (C=O) groups excluding carboxylic acids is 2. The minimum atomic E-state index is -0.329. The molecule has 2 amide bonds. The number of anilines is 1. The highest BCUT2D eigenvalue weighted by molar-refractivity contribution is 6.42. The summed E-state index contributed by atoms with van der Waals surface area (Å²) in [5.41, 5.74) is 0.916. The van der Waals surface area contributed by atoms with Crippen LogP contribution in [0.2, 0.25) is 10.0 Å². The van der Waals surface area contributed by atoms with Crippen LogP contribution in [0.1, 0.15) is 16.8 Å². The molecular weight excluding hydrogens is 379 g/mol. The molecule has 2 aromatic rings. The zero-order valence-electron chi connectivity index (χ0n) is 14.3. The van der Waals surface area contributed by atoms with Gasteiger partial charge in [0, 0.05) is 30.3 Å². The van der Waals surface area contributed by atoms with Gasteiger partial charge in [-0.15, -0.1) is 0 Å². The maximum absolute atomic E-state index is 12.2. The van der Waals surface area contributed by atoms with E-state index in [-0.39, 0.29) is 24.8 Å². The van der Waals surface area contributed by atoms with Crippen LogP contribution in [-0.4, -0.2) is 32.6 Å². The largest absolute Gasteiger partial charge is 0.497 e. The second kappa shape index (κ2) is 9.31. The molecule has 0 saturated heterocycles. The van der Waals surface area contributed by atoms with Gasteiger partial charge in [-0.1, -0.05) is 23.2 Å². The van der Waals surface area contributed by atoms with Crippen LogP contribution in [0.15, 0.2) is 36.4 Å². The number of carbonyl (C=O) groups is 2. The lowest BCUT2D eigenvalue weighted by Gasteiger charge is -2.10. The standard InChI is InChI=1S/C18H18Cl2N2O4/c1-25-13-7-11(8-14(10-13)26-2)18(24)21-6-5-17(23)22-12-3-4-15(19)16(20)9-12/h3-4,7-10H,5-6H2,1-2H3,(H,21,24)(H,22,23). The molecule has 2 rings (SSSR count). The predicted octanol–water partition coefficient (Wildman–Crippen LogP) is 3.77. The van der Waals surface area contributed by atoms with Crippen molar-refractivity contribution in [2.75, 3.05) is 26.1 Å². The smallest absolute Gasteiger partial charge is 0.251 e. The second-order valence-electron chi connectivity index (χ2n) is 5.28. The van der Waals surface area contributed by atoms with Gasteiger partial charge in [-0.25, -0.2) is 0 Å². The van der Waals surface area contributed by atoms with Gasteiger partial charge < -0.3 is 20.1 Å². The third-order valence-electron chi connectivity index (χ3n) is 3.45. The first-order valence-corrected chi connectivity index (χ1v) is 8.44. The Kier molecular flexibility index (Phi) is 7.12. The first-order valence-electron chi connectivity index (χ1n) is 7.69. The number of halogens is 2. The molecular formula is C18H18Cl2N2O4. The molecule has 8 heteroatoms. The Labute approximate surface area is 161 Å². The Bertz CT molecular complexity index is 790. The molecule has 0 fully saturated rings. The summed E-state index contributed by atoms with van der Waals surface area (Å²) in [4.78, 5) is 24.2. The number of hydrogen-bond donors (Lipinski definition) is 2. The van der Waals surface area contributed by atoms with E-state index in [0.29, 0.717) is 32.8 Å². The fourth-order valence-electron chi connectivity index (χ4n) is 2.13. The fourth-order valence-corrected chi connectivity index (χ4v) is 2.43. The van der Waals surface area contributed by atoms with Gasteiger partial charge in [0.2, 0.25) is 5.91 Å². The van der Waals surface area contributed by atoms with Gasteiger partial charge in [-0.2, -0.15) is 0 Å². The molecule has 26 heavy (non-hydrogen) atoms. The maximum atomic E-state index is 12.2. The van der Waals surface area contributed by atoms with Gasteiger partial charge in [0.05, 0.1) is 24.3 Å². The van der Waals surface area contributed by atoms with Gasteiger partial charge >= 0.3 is 0 Å². The van der Waals surface area contributed by atoms with Crippen LogP contribution in [0.4, 0.5) is 5.69 Å². The summed E-state index contributed by atoms with van der Waals surface area (Å²) >= 11 is 11.7. The number of amides is 2. The number of rotatable bonds is 7. The third-order valence-corrected chi connectivity index (χ3v) is 4.19. The molecule has 0 saturated carbocycles. The lowest BCUT2D eigenvalue weighted by molar-refractivity contribution is -0.116. The van der Waals surface area contributed by atoms with Crippen LogP contribution in [-0.2, 0) is 4.79 Å². The molecule has 2 N–H and O–H groups in total. The van der Waals surface area contributed by atoms with Crippen molar-refractivity contribution in [3.05, 3.63) is 52.0 Å². The van der Waals surface area contributed by atoms with Crippen molar-refractivity contribution in [2.24, 2.45) is 0 Å². The van der Waals surface area contributed by atoms with E-state index in [9.17, 15) is 9.59 Å². The molecule has 0 radical (unpaired) electrons. The first kappa shape index (κ1) is 19.9. The predicted molar refractivity (Wildman–Crippen MR) is 102 cm³/mol. The van der Waals surface area contributed by atoms with E-state index in [0.717, 1.165) is 0 Å². The fraction of sp³-hybridized carbons (Fsp3) is 0.222. The Morgan fingerprint density at radius 1 is 0.962 bits per heavy atom. The average molecular weight is 397 g/mol. The summed E-state index contributed by atoms with van der Waals surface area (Å²) in [7, 11) is 3.01. The summed E-state index contributed by atoms with van der Waals surface area (Å²) in [5, 5.41) is 6.13. The van der Waals surface area contributed by atoms with Crippen LogP contribution in [0.5, 0.6) is 11.5 Å². The molecule has 0 aliphatic heterocycles. The monoisotopic (exact) mass is 396 g/mol. The van der Waals surface area contributed by atoms with Gasteiger partial charge in [0.25, 0.3) is 5.91 Å². The number of nitrogens with one attached hydrogen (secondary N) is 2. The lowest BCUT2D eigenvalue weighted by Crippen LogP contribution is -2.27. The van der Waals surface area contributed by atoms with Crippen LogP contribution in [0.25, 0.3) is 0 Å². The summed E-state index contributed by atoms with van der Waals surface area (Å²) in [6.45, 7) is 0.172. The SMILES string of the molecule is COc1cc(OC)cc(C(=O)NCCC(=O)Nc2ccc(Cl)c(Cl)c2)c1. The quantitative estimate of drug-likeness (QED) is 0.746. The van der Waals surface area contributed by atoms with Crippen molar-refractivity contribution in [1.82, 2.24) is 5.32 Å². The van der Waals surface area contributed by atoms with Crippen LogP contribution >= 0.6 is 23.2 Å². The molecule has 0 unspecified atom stereocenters. The summed E-state index contributed by atoms with van der Waals surface area (Å²) in [5.74, 6) is 0.426. The number of methoxy groups -OCH3 is 2. The molecule has 0 aliphatic rings. The number of hydrogen-bond acceptors (Lipinski definition) is 4. The highest BCUT2D eigenvalue weighted by Crippen LogP contribution is 2.25. The van der Waals surface area contributed by atoms with E-state index in [1.807, 2.05) is 0 Å². The van der Waals surface area contributed by atoms with Crippen LogP contribution in [0, 0.1) is 0 Å². The summed E-state index contributed by atoms with van der Waals surface area (Å²) in [6, 6.07) is 9.65. The molecule has 0 bridgehead atoms. The van der Waals surface area contributed by atoms with Crippen molar-refractivity contribution < 1.29 is 19.1 Å². The average Bonchev–Trinajstić information content (AvgIpc) is 2.64. The molecule has 0 aromatic heterocycles. The van der Waals surface area contributed by atoms with Gasteiger partial charge in [-0.05, 0) is 30.3 Å². The topological polar surface area (TPSA) is 76.7 Å². The van der Waals surface area contributed by atoms with E-state index in [1.165, 1.54) is 14.2 Å². The summed E-state index contributed by atoms with van der Waals surface area (Å²) in [6.07, 6.45) is 0.104. The van der Waals surface area contributed by atoms with E-state index in [1.54, 1.807) is 36.4 Å². The lowest BCUT2D eigenvalue weighted by atomic mass is 10.2. The normalized spacial score (nSPS) is 10.2. The van der Waals surface area contributed by atoms with E-state index >= 15 is 0 Å². The first-order chi connectivity index (χ1) is 12.4. The Balaban J connectivity index is 1.87. The van der Waals surface area contributed by atoms with Crippen molar-refractivity contribution in [3.8, 4) is 11.5 Å². The van der Waals surface area contributed by atoms with Gasteiger partial charge in [-0.3, -0.25) is 9.59 Å². The van der Waals surface area contributed by atoms with E-state index in [2.05, 4.69) is 10.6 Å². The zero-order valence-corrected chi connectivity index (χ0v) is 15.8. The highest BCUT2D eigenvalue weighted by atomic mass is 35.5. The Morgan fingerprint density at radius 3 is 2.19 bits per heavy atom. The van der Waals surface area contributed by atoms with Crippen molar-refractivity contribution in [3.63, 3.8) is 0 Å². The Morgan fingerprint density at radius 2 is 1.62 bits per heavy atom. The number of ether oxygens (including phenoxy) is 2. The maximum Gasteiger partial charge on any atom is 0.251 e. The van der Waals surface area contributed by atoms with Crippen molar-refractivity contribution >= 4 is 40.7 Å². The zero-order chi connectivity index (χ0) is 19.1. The minimum Gasteiger partial charge on any atom is -0.497 e. The molecule has 0 atom stereocenters. The van der Waals surface area contributed by atoms with Gasteiger partial charge in [0.15, 0.2) is 0 Å². The Hall–Kier alpha value is -2.44. The van der Waals surface area contributed by atoms with Gasteiger partial charge in [0.1, 0.15) is 11.5 Å². The number of benzene rings is 2. The van der Waals surface area contributed by atoms with Crippen LogP contribution in [0.3, 0.4) is 0 Å². The van der Waals surface area contributed by atoms with Crippen molar-refractivity contribution in [2.45, 2.75) is 6.42 Å². The summed E-state index contributed by atoms with van der Waals surface area (Å²) < 4.78 is 10.3. The molecule has 2 aromatic carbocycles.